The molecule has 0 atom stereocenters. The summed E-state index contributed by atoms with van der Waals surface area (Å²) in [6, 6.07) is 59.3. The lowest BCUT2D eigenvalue weighted by molar-refractivity contribution is 0.729. The van der Waals surface area contributed by atoms with Crippen LogP contribution in [-0.2, 0) is 0 Å². The predicted molar refractivity (Wildman–Crippen MR) is 236 cm³/mol. The SMILES string of the molecule is CC(C)(C)[Si](C)(C)c1ccc(-c2nc(-n3c4ccccc4c4cc(-c5ccc6c(c5)c5ccccc5n6-c5ccccc5)ccc43)nc3ccccc23)cc1. The molecule has 10 rings (SSSR count). The lowest BCUT2D eigenvalue weighted by Gasteiger charge is -2.37. The van der Waals surface area contributed by atoms with Crippen molar-refractivity contribution in [2.75, 3.05) is 0 Å². The van der Waals surface area contributed by atoms with Gasteiger partial charge in [-0.25, -0.2) is 9.97 Å². The Labute approximate surface area is 322 Å². The largest absolute Gasteiger partial charge is 0.309 e. The number of hydrogen-bond donors (Lipinski definition) is 0. The highest BCUT2D eigenvalue weighted by molar-refractivity contribution is 6.92. The fourth-order valence-electron chi connectivity index (χ4n) is 8.24. The number of nitrogens with zero attached hydrogens (tertiary/aromatic N) is 4. The first-order chi connectivity index (χ1) is 26.7. The van der Waals surface area contributed by atoms with Crippen LogP contribution in [0.25, 0.3) is 88.5 Å². The second-order valence-corrected chi connectivity index (χ2v) is 21.7. The van der Waals surface area contributed by atoms with E-state index in [9.17, 15) is 0 Å². The molecule has 0 N–H and O–H groups in total. The molecule has 3 heterocycles. The molecule has 0 radical (unpaired) electrons. The van der Waals surface area contributed by atoms with E-state index in [1.807, 2.05) is 0 Å². The van der Waals surface area contributed by atoms with Gasteiger partial charge in [-0.05, 0) is 70.8 Å². The van der Waals surface area contributed by atoms with Crippen LogP contribution in [0.4, 0.5) is 0 Å². The molecule has 10 aromatic rings. The van der Waals surface area contributed by atoms with Gasteiger partial charge in [-0.15, -0.1) is 0 Å². The zero-order valence-electron chi connectivity index (χ0n) is 31.9. The molecule has 0 aliphatic heterocycles. The van der Waals surface area contributed by atoms with Crippen LogP contribution in [0.15, 0.2) is 164 Å². The van der Waals surface area contributed by atoms with Gasteiger partial charge in [-0.3, -0.25) is 4.57 Å². The van der Waals surface area contributed by atoms with Crippen molar-refractivity contribution in [3.8, 4) is 34.0 Å². The maximum Gasteiger partial charge on any atom is 0.235 e. The van der Waals surface area contributed by atoms with E-state index in [1.165, 1.54) is 48.9 Å². The van der Waals surface area contributed by atoms with Crippen LogP contribution in [0.2, 0.25) is 18.1 Å². The van der Waals surface area contributed by atoms with Crippen molar-refractivity contribution in [1.29, 1.82) is 0 Å². The lowest BCUT2D eigenvalue weighted by atomic mass is 10.0. The van der Waals surface area contributed by atoms with Gasteiger partial charge < -0.3 is 4.57 Å². The molecule has 4 nitrogen and oxygen atoms in total. The van der Waals surface area contributed by atoms with Crippen LogP contribution in [0.5, 0.6) is 0 Å². The summed E-state index contributed by atoms with van der Waals surface area (Å²) >= 11 is 0. The smallest absolute Gasteiger partial charge is 0.235 e. The Morgan fingerprint density at radius 2 is 0.927 bits per heavy atom. The van der Waals surface area contributed by atoms with E-state index in [1.54, 1.807) is 0 Å². The van der Waals surface area contributed by atoms with E-state index in [0.717, 1.165) is 38.9 Å². The number of rotatable bonds is 5. The quantitative estimate of drug-likeness (QED) is 0.166. The van der Waals surface area contributed by atoms with Crippen LogP contribution in [-0.4, -0.2) is 27.2 Å². The first-order valence-corrected chi connectivity index (χ1v) is 22.2. The summed E-state index contributed by atoms with van der Waals surface area (Å²) in [4.78, 5) is 10.6. The zero-order chi connectivity index (χ0) is 37.5. The van der Waals surface area contributed by atoms with Gasteiger partial charge in [-0.1, -0.05) is 148 Å². The molecule has 7 aromatic carbocycles. The van der Waals surface area contributed by atoms with Crippen LogP contribution in [0, 0.1) is 0 Å². The summed E-state index contributed by atoms with van der Waals surface area (Å²) in [5.74, 6) is 0.677. The van der Waals surface area contributed by atoms with Gasteiger partial charge >= 0.3 is 0 Å². The van der Waals surface area contributed by atoms with Crippen LogP contribution < -0.4 is 5.19 Å². The van der Waals surface area contributed by atoms with Crippen LogP contribution in [0.3, 0.4) is 0 Å². The summed E-state index contributed by atoms with van der Waals surface area (Å²) in [6.07, 6.45) is 0. The minimum absolute atomic E-state index is 0.259. The minimum Gasteiger partial charge on any atom is -0.309 e. The van der Waals surface area contributed by atoms with Crippen molar-refractivity contribution in [2.24, 2.45) is 0 Å². The molecule has 0 amide bonds. The van der Waals surface area contributed by atoms with Gasteiger partial charge in [0.15, 0.2) is 0 Å². The molecule has 55 heavy (non-hydrogen) atoms. The van der Waals surface area contributed by atoms with Crippen molar-refractivity contribution in [3.63, 3.8) is 0 Å². The van der Waals surface area contributed by atoms with E-state index in [-0.39, 0.29) is 5.04 Å². The Morgan fingerprint density at radius 1 is 0.436 bits per heavy atom. The van der Waals surface area contributed by atoms with Crippen LogP contribution in [0.1, 0.15) is 20.8 Å². The topological polar surface area (TPSA) is 35.6 Å². The van der Waals surface area contributed by atoms with Crippen molar-refractivity contribution in [2.45, 2.75) is 38.9 Å². The van der Waals surface area contributed by atoms with Gasteiger partial charge in [0.25, 0.3) is 0 Å². The Bertz CT molecular complexity index is 3090. The fraction of sp³-hybridized carbons (Fsp3) is 0.120. The van der Waals surface area contributed by atoms with E-state index in [2.05, 4.69) is 207 Å². The molecule has 0 fully saturated rings. The molecule has 0 saturated heterocycles. The van der Waals surface area contributed by atoms with Gasteiger partial charge in [0.05, 0.1) is 41.4 Å². The third kappa shape index (κ3) is 5.25. The lowest BCUT2D eigenvalue weighted by Crippen LogP contribution is -2.49. The fourth-order valence-corrected chi connectivity index (χ4v) is 10.1. The Balaban J connectivity index is 1.13. The summed E-state index contributed by atoms with van der Waals surface area (Å²) in [6.45, 7) is 12.1. The van der Waals surface area contributed by atoms with Crippen molar-refractivity contribution in [3.05, 3.63) is 164 Å². The average molecular weight is 727 g/mol. The highest BCUT2D eigenvalue weighted by Gasteiger charge is 2.36. The summed E-state index contributed by atoms with van der Waals surface area (Å²) in [5, 5.41) is 7.62. The third-order valence-electron chi connectivity index (χ3n) is 12.2. The third-order valence-corrected chi connectivity index (χ3v) is 17.8. The highest BCUT2D eigenvalue weighted by Crippen LogP contribution is 2.39. The highest BCUT2D eigenvalue weighted by atomic mass is 28.3. The molecule has 0 aliphatic carbocycles. The number of para-hydroxylation sites is 4. The second kappa shape index (κ2) is 12.4. The molecule has 0 bridgehead atoms. The zero-order valence-corrected chi connectivity index (χ0v) is 32.9. The molecule has 266 valence electrons. The molecular weight excluding hydrogens is 685 g/mol. The van der Waals surface area contributed by atoms with Crippen molar-refractivity contribution < 1.29 is 0 Å². The number of benzene rings is 7. The van der Waals surface area contributed by atoms with Gasteiger partial charge in [0.2, 0.25) is 5.95 Å². The molecular formula is C50H42N4Si. The molecule has 0 spiro atoms. The standard InChI is InChI=1S/C50H42N4Si/c1-50(2,3)55(4,5)37-27-23-33(24-28-37)48-40-19-9-12-20-43(40)51-49(52-48)54-45-22-14-11-18-39(45)42-32-35(26-30-47(42)54)34-25-29-46-41(31-34)38-17-10-13-21-44(38)53(46)36-15-7-6-8-16-36/h6-32H,1-5H3. The first kappa shape index (κ1) is 33.3. The first-order valence-electron chi connectivity index (χ1n) is 19.2. The molecule has 3 aromatic heterocycles. The van der Waals surface area contributed by atoms with Gasteiger partial charge in [-0.2, -0.15) is 0 Å². The number of fused-ring (bicyclic) bond motifs is 7. The van der Waals surface area contributed by atoms with Crippen LogP contribution >= 0.6 is 0 Å². The van der Waals surface area contributed by atoms with E-state index < -0.39 is 8.07 Å². The second-order valence-electron chi connectivity index (χ2n) is 16.3. The van der Waals surface area contributed by atoms with Gasteiger partial charge in [0.1, 0.15) is 0 Å². The number of aromatic nitrogens is 4. The predicted octanol–water partition coefficient (Wildman–Crippen LogP) is 12.9. The average Bonchev–Trinajstić information content (AvgIpc) is 3.72. The number of hydrogen-bond acceptors (Lipinski definition) is 2. The summed E-state index contributed by atoms with van der Waals surface area (Å²) in [5.41, 5.74) is 11.1. The Kier molecular flexibility index (Phi) is 7.48. The van der Waals surface area contributed by atoms with E-state index >= 15 is 0 Å². The summed E-state index contributed by atoms with van der Waals surface area (Å²) < 4.78 is 4.61. The minimum atomic E-state index is -1.68. The maximum absolute atomic E-state index is 5.39. The molecule has 0 unspecified atom stereocenters. The maximum atomic E-state index is 5.39. The normalized spacial score (nSPS) is 12.5. The molecule has 5 heteroatoms. The van der Waals surface area contributed by atoms with Crippen molar-refractivity contribution >= 4 is 67.8 Å². The Morgan fingerprint density at radius 3 is 1.55 bits per heavy atom. The van der Waals surface area contributed by atoms with Crippen molar-refractivity contribution in [1.82, 2.24) is 19.1 Å². The van der Waals surface area contributed by atoms with E-state index in [0.29, 0.717) is 5.95 Å². The molecule has 0 saturated carbocycles. The Hall–Kier alpha value is -6.30. The van der Waals surface area contributed by atoms with E-state index in [4.69, 9.17) is 9.97 Å². The molecule has 0 aliphatic rings. The summed E-state index contributed by atoms with van der Waals surface area (Å²) in [7, 11) is -1.68. The monoisotopic (exact) mass is 726 g/mol. The van der Waals surface area contributed by atoms with Gasteiger partial charge in [0, 0.05) is 38.2 Å².